The van der Waals surface area contributed by atoms with Gasteiger partial charge in [-0.3, -0.25) is 0 Å². The molecule has 1 aromatic heterocycles. The normalized spacial score (nSPS) is 11.7. The highest BCUT2D eigenvalue weighted by Crippen LogP contribution is 2.24. The van der Waals surface area contributed by atoms with E-state index in [-0.39, 0.29) is 13.2 Å². The second kappa shape index (κ2) is 6.36. The first-order valence-electron chi connectivity index (χ1n) is 7.44. The van der Waals surface area contributed by atoms with E-state index in [1.54, 1.807) is 0 Å². The summed E-state index contributed by atoms with van der Waals surface area (Å²) in [6, 6.07) is 7.70. The number of ether oxygens (including phenoxy) is 1. The van der Waals surface area contributed by atoms with E-state index in [0.29, 0.717) is 12.5 Å². The molecule has 0 fully saturated rings. The zero-order valence-corrected chi connectivity index (χ0v) is 13.5. The average molecular weight is 305 g/mol. The molecule has 0 aliphatic carbocycles. The molecular weight excluding hydrogens is 282 g/mol. The number of rotatable bonds is 4. The monoisotopic (exact) mass is 305 g/mol. The first kappa shape index (κ1) is 16.3. The number of anilines is 1. The molecule has 22 heavy (non-hydrogen) atoms. The summed E-state index contributed by atoms with van der Waals surface area (Å²) in [5.74, 6) is 0.493. The molecule has 6 heteroatoms. The second-order valence-electron chi connectivity index (χ2n) is 6.00. The Kier molecular flexibility index (Phi) is 4.71. The highest BCUT2D eigenvalue weighted by molar-refractivity contribution is 5.89. The Morgan fingerprint density at radius 3 is 2.64 bits per heavy atom. The molecular formula is C16H23N3O3. The van der Waals surface area contributed by atoms with Crippen molar-refractivity contribution in [2.75, 3.05) is 18.1 Å². The van der Waals surface area contributed by atoms with Crippen molar-refractivity contribution in [3.05, 3.63) is 24.3 Å². The first-order valence-corrected chi connectivity index (χ1v) is 7.44. The molecule has 0 aliphatic heterocycles. The van der Waals surface area contributed by atoms with E-state index >= 15 is 0 Å². The van der Waals surface area contributed by atoms with Crippen LogP contribution in [0.5, 0.6) is 0 Å². The highest BCUT2D eigenvalue weighted by Gasteiger charge is 2.27. The molecule has 0 unspecified atom stereocenters. The Bertz CT molecular complexity index is 658. The number of aliphatic hydroxyl groups is 1. The van der Waals surface area contributed by atoms with Gasteiger partial charge in [-0.2, -0.15) is 0 Å². The molecule has 1 amide bonds. The lowest BCUT2D eigenvalue weighted by Gasteiger charge is -2.26. The molecule has 2 aromatic rings. The third-order valence-corrected chi connectivity index (χ3v) is 3.13. The van der Waals surface area contributed by atoms with Gasteiger partial charge in [0.15, 0.2) is 0 Å². The first-order chi connectivity index (χ1) is 10.4. The molecule has 0 saturated carbocycles. The van der Waals surface area contributed by atoms with Gasteiger partial charge >= 0.3 is 6.09 Å². The van der Waals surface area contributed by atoms with Crippen LogP contribution in [-0.4, -0.2) is 39.5 Å². The number of hydrogen-bond donors (Lipinski definition) is 1. The summed E-state index contributed by atoms with van der Waals surface area (Å²) >= 11 is 0. The minimum atomic E-state index is -0.603. The molecule has 120 valence electrons. The van der Waals surface area contributed by atoms with E-state index in [4.69, 9.17) is 4.74 Å². The zero-order valence-electron chi connectivity index (χ0n) is 13.5. The Balaban J connectivity index is 2.46. The highest BCUT2D eigenvalue weighted by atomic mass is 16.6. The van der Waals surface area contributed by atoms with E-state index in [1.165, 1.54) is 4.90 Å². The number of imidazole rings is 1. The van der Waals surface area contributed by atoms with Gasteiger partial charge in [0.05, 0.1) is 24.2 Å². The number of hydrogen-bond acceptors (Lipinski definition) is 4. The summed E-state index contributed by atoms with van der Waals surface area (Å²) in [5, 5.41) is 9.30. The minimum Gasteiger partial charge on any atom is -0.443 e. The molecule has 0 spiro atoms. The fourth-order valence-electron chi connectivity index (χ4n) is 2.27. The number of aromatic nitrogens is 2. The van der Waals surface area contributed by atoms with E-state index < -0.39 is 11.7 Å². The van der Waals surface area contributed by atoms with Crippen LogP contribution in [0.1, 0.15) is 27.7 Å². The lowest BCUT2D eigenvalue weighted by molar-refractivity contribution is 0.0570. The van der Waals surface area contributed by atoms with Crippen LogP contribution in [-0.2, 0) is 11.3 Å². The molecule has 1 heterocycles. The third kappa shape index (κ3) is 3.39. The van der Waals surface area contributed by atoms with Gasteiger partial charge in [0.1, 0.15) is 5.60 Å². The third-order valence-electron chi connectivity index (χ3n) is 3.13. The van der Waals surface area contributed by atoms with Crippen LogP contribution < -0.4 is 4.90 Å². The number of nitrogens with zero attached hydrogens (tertiary/aromatic N) is 3. The number of para-hydroxylation sites is 2. The lowest BCUT2D eigenvalue weighted by atomic mass is 10.2. The van der Waals surface area contributed by atoms with Crippen LogP contribution >= 0.6 is 0 Å². The molecule has 2 rings (SSSR count). The molecule has 0 atom stereocenters. The van der Waals surface area contributed by atoms with Crippen molar-refractivity contribution in [3.63, 3.8) is 0 Å². The van der Waals surface area contributed by atoms with Crippen LogP contribution in [0.3, 0.4) is 0 Å². The van der Waals surface area contributed by atoms with Gasteiger partial charge in [0.2, 0.25) is 5.95 Å². The van der Waals surface area contributed by atoms with Crippen LogP contribution in [0, 0.1) is 0 Å². The number of aliphatic hydroxyl groups excluding tert-OH is 1. The molecule has 6 nitrogen and oxygen atoms in total. The number of carbonyl (C=O) groups is 1. The lowest BCUT2D eigenvalue weighted by Crippen LogP contribution is -2.40. The Morgan fingerprint density at radius 2 is 2.05 bits per heavy atom. The van der Waals surface area contributed by atoms with Gasteiger partial charge < -0.3 is 14.4 Å². The summed E-state index contributed by atoms with van der Waals surface area (Å²) in [7, 11) is 0. The molecule has 0 saturated heterocycles. The van der Waals surface area contributed by atoms with E-state index in [9.17, 15) is 9.90 Å². The predicted octanol–water partition coefficient (Wildman–Crippen LogP) is 2.79. The smallest absolute Gasteiger partial charge is 0.417 e. The summed E-state index contributed by atoms with van der Waals surface area (Å²) in [5.41, 5.74) is 1.16. The maximum atomic E-state index is 12.4. The summed E-state index contributed by atoms with van der Waals surface area (Å²) in [6.07, 6.45) is -0.508. The average Bonchev–Trinajstić information content (AvgIpc) is 2.80. The number of carbonyl (C=O) groups excluding carboxylic acids is 1. The Labute approximate surface area is 130 Å². The standard InChI is InChI=1S/C16H23N3O3/c1-5-18-13-9-7-6-8-12(13)17-14(18)19(10-11-20)15(21)22-16(2,3)4/h6-9,20H,5,10-11H2,1-4H3. The van der Waals surface area contributed by atoms with Crippen LogP contribution in [0.4, 0.5) is 10.7 Å². The number of benzene rings is 1. The number of aryl methyl sites for hydroxylation is 1. The number of fused-ring (bicyclic) bond motifs is 1. The van der Waals surface area contributed by atoms with Crippen molar-refractivity contribution in [2.24, 2.45) is 0 Å². The maximum Gasteiger partial charge on any atom is 0.417 e. The fourth-order valence-corrected chi connectivity index (χ4v) is 2.27. The van der Waals surface area contributed by atoms with Gasteiger partial charge in [0.25, 0.3) is 0 Å². The van der Waals surface area contributed by atoms with Crippen molar-refractivity contribution >= 4 is 23.1 Å². The van der Waals surface area contributed by atoms with Crippen LogP contribution in [0.15, 0.2) is 24.3 Å². The van der Waals surface area contributed by atoms with Gasteiger partial charge in [-0.15, -0.1) is 0 Å². The number of amides is 1. The van der Waals surface area contributed by atoms with Crippen molar-refractivity contribution < 1.29 is 14.6 Å². The van der Waals surface area contributed by atoms with Crippen LogP contribution in [0.2, 0.25) is 0 Å². The van der Waals surface area contributed by atoms with Crippen molar-refractivity contribution in [3.8, 4) is 0 Å². The quantitative estimate of drug-likeness (QED) is 0.943. The van der Waals surface area contributed by atoms with Crippen molar-refractivity contribution in [1.82, 2.24) is 9.55 Å². The molecule has 0 radical (unpaired) electrons. The van der Waals surface area contributed by atoms with E-state index in [1.807, 2.05) is 56.5 Å². The summed E-state index contributed by atoms with van der Waals surface area (Å²) in [6.45, 7) is 8.06. The second-order valence-corrected chi connectivity index (χ2v) is 6.00. The van der Waals surface area contributed by atoms with Crippen molar-refractivity contribution in [1.29, 1.82) is 0 Å². The molecule has 1 N–H and O–H groups in total. The Morgan fingerprint density at radius 1 is 1.36 bits per heavy atom. The predicted molar refractivity (Wildman–Crippen MR) is 86.1 cm³/mol. The fraction of sp³-hybridized carbons (Fsp3) is 0.500. The zero-order chi connectivity index (χ0) is 16.3. The van der Waals surface area contributed by atoms with Crippen LogP contribution in [0.25, 0.3) is 11.0 Å². The topological polar surface area (TPSA) is 67.6 Å². The summed E-state index contributed by atoms with van der Waals surface area (Å²) in [4.78, 5) is 18.3. The Hall–Kier alpha value is -2.08. The van der Waals surface area contributed by atoms with Gasteiger partial charge in [-0.05, 0) is 39.8 Å². The van der Waals surface area contributed by atoms with Gasteiger partial charge in [-0.25, -0.2) is 14.7 Å². The largest absolute Gasteiger partial charge is 0.443 e. The summed E-state index contributed by atoms with van der Waals surface area (Å²) < 4.78 is 7.36. The van der Waals surface area contributed by atoms with Gasteiger partial charge in [-0.1, -0.05) is 12.1 Å². The van der Waals surface area contributed by atoms with Crippen molar-refractivity contribution in [2.45, 2.75) is 39.8 Å². The van der Waals surface area contributed by atoms with E-state index in [2.05, 4.69) is 4.98 Å². The van der Waals surface area contributed by atoms with Gasteiger partial charge in [0, 0.05) is 6.54 Å². The maximum absolute atomic E-state index is 12.4. The van der Waals surface area contributed by atoms with E-state index in [0.717, 1.165) is 11.0 Å². The molecule has 0 aliphatic rings. The SMILES string of the molecule is CCn1c(N(CCO)C(=O)OC(C)(C)C)nc2ccccc21. The molecule has 0 bridgehead atoms. The minimum absolute atomic E-state index is 0.137. The molecule has 1 aromatic carbocycles.